The van der Waals surface area contributed by atoms with Gasteiger partial charge < -0.3 is 18.6 Å². The number of esters is 1. The third-order valence-electron chi connectivity index (χ3n) is 5.93. The molecule has 2 aromatic rings. The Morgan fingerprint density at radius 2 is 1.59 bits per heavy atom. The van der Waals surface area contributed by atoms with Gasteiger partial charge in [0, 0.05) is 20.5 Å². The Morgan fingerprint density at radius 3 is 2.03 bits per heavy atom. The molecule has 0 N–H and O–H groups in total. The maximum absolute atomic E-state index is 11.3. The Hall–Kier alpha value is -2.25. The van der Waals surface area contributed by atoms with Gasteiger partial charge in [0.05, 0.1) is 6.10 Å². The van der Waals surface area contributed by atoms with Crippen LogP contribution in [-0.2, 0) is 23.4 Å². The fraction of sp³-hybridized carbons (Fsp3) is 0.423. The Kier molecular flexibility index (Phi) is 7.72. The second-order valence-corrected chi connectivity index (χ2v) is 13.5. The predicted octanol–water partition coefficient (Wildman–Crippen LogP) is 3.81. The summed E-state index contributed by atoms with van der Waals surface area (Å²) in [4.78, 5) is 11.3. The molecular weight excluding hydrogens is 420 g/mol. The van der Waals surface area contributed by atoms with Gasteiger partial charge in [-0.1, -0.05) is 88.0 Å². The number of carbonyl (C=O) groups excluding carboxylic acids is 1. The average Bonchev–Trinajstić information content (AvgIpc) is 3.19. The summed E-state index contributed by atoms with van der Waals surface area (Å²) in [5.41, 5.74) is 0.669. The summed E-state index contributed by atoms with van der Waals surface area (Å²) in [7, 11) is -1.15. The van der Waals surface area contributed by atoms with E-state index in [9.17, 15) is 4.79 Å². The zero-order valence-corrected chi connectivity index (χ0v) is 20.7. The molecule has 0 amide bonds. The maximum atomic E-state index is 11.3. The Bertz CT molecular complexity index is 867. The lowest BCUT2D eigenvalue weighted by Crippen LogP contribution is -2.68. The Morgan fingerprint density at radius 1 is 1.06 bits per heavy atom. The van der Waals surface area contributed by atoms with Gasteiger partial charge in [-0.15, -0.1) is 0 Å². The largest absolute Gasteiger partial charge is 0.461 e. The van der Waals surface area contributed by atoms with Gasteiger partial charge in [-0.3, -0.25) is 4.79 Å². The summed E-state index contributed by atoms with van der Waals surface area (Å²) in [6.07, 6.45) is -0.544. The van der Waals surface area contributed by atoms with Crippen molar-refractivity contribution >= 4 is 24.7 Å². The van der Waals surface area contributed by atoms with Crippen LogP contribution < -0.4 is 10.4 Å². The molecule has 3 atom stereocenters. The third kappa shape index (κ3) is 5.04. The first-order chi connectivity index (χ1) is 15.2. The molecule has 1 fully saturated rings. The summed E-state index contributed by atoms with van der Waals surface area (Å²) >= 11 is 0. The molecule has 32 heavy (non-hydrogen) atoms. The van der Waals surface area contributed by atoms with E-state index in [0.29, 0.717) is 12.0 Å². The van der Waals surface area contributed by atoms with Crippen molar-refractivity contribution in [3.05, 3.63) is 72.8 Å². The average molecular weight is 455 g/mol. The van der Waals surface area contributed by atoms with E-state index >= 15 is 0 Å². The number of methoxy groups -OCH3 is 1. The molecule has 0 unspecified atom stereocenters. The minimum Gasteiger partial charge on any atom is -0.461 e. The second kappa shape index (κ2) is 10.1. The van der Waals surface area contributed by atoms with E-state index in [4.69, 9.17) is 18.6 Å². The lowest BCUT2D eigenvalue weighted by molar-refractivity contribution is -0.141. The first kappa shape index (κ1) is 24.4. The van der Waals surface area contributed by atoms with Crippen molar-refractivity contribution in [3.8, 4) is 0 Å². The molecule has 0 radical (unpaired) electrons. The molecule has 0 spiro atoms. The molecule has 3 rings (SSSR count). The second-order valence-electron chi connectivity index (χ2n) is 9.22. The van der Waals surface area contributed by atoms with Crippen LogP contribution in [-0.4, -0.2) is 46.5 Å². The standard InChI is InChI=1S/C26H34O5Si/c1-19(18-29-20(2)27)25-23(17-24(28-6)30-25)31-32(26(3,4)5,21-13-9-7-10-14-21)22-15-11-8-12-16-22/h7-16,23-25H,1,17-18H2,2-6H3/t23-,24+,25+/m0/s1. The van der Waals surface area contributed by atoms with Gasteiger partial charge in [0.2, 0.25) is 0 Å². The van der Waals surface area contributed by atoms with E-state index in [0.717, 1.165) is 0 Å². The number of hydrogen-bond acceptors (Lipinski definition) is 5. The van der Waals surface area contributed by atoms with Crippen molar-refractivity contribution in [2.75, 3.05) is 13.7 Å². The molecule has 0 aromatic heterocycles. The monoisotopic (exact) mass is 454 g/mol. The number of ether oxygens (including phenoxy) is 3. The summed E-state index contributed by atoms with van der Waals surface area (Å²) < 4.78 is 24.1. The van der Waals surface area contributed by atoms with E-state index in [1.54, 1.807) is 7.11 Å². The van der Waals surface area contributed by atoms with Crippen LogP contribution in [0, 0.1) is 0 Å². The predicted molar refractivity (Wildman–Crippen MR) is 129 cm³/mol. The lowest BCUT2D eigenvalue weighted by Gasteiger charge is -2.45. The molecule has 0 aliphatic carbocycles. The topological polar surface area (TPSA) is 54.0 Å². The highest BCUT2D eigenvalue weighted by Crippen LogP contribution is 2.40. The van der Waals surface area contributed by atoms with Gasteiger partial charge >= 0.3 is 5.97 Å². The minimum absolute atomic E-state index is 0.0943. The summed E-state index contributed by atoms with van der Waals surface area (Å²) in [5.74, 6) is -0.350. The van der Waals surface area contributed by atoms with Crippen LogP contribution in [0.4, 0.5) is 0 Å². The van der Waals surface area contributed by atoms with Gasteiger partial charge in [-0.2, -0.15) is 0 Å². The van der Waals surface area contributed by atoms with Crippen LogP contribution in [0.5, 0.6) is 0 Å². The van der Waals surface area contributed by atoms with Crippen LogP contribution in [0.2, 0.25) is 5.04 Å². The Labute approximate surface area is 192 Å². The summed E-state index contributed by atoms with van der Waals surface area (Å²) in [6, 6.07) is 21.0. The van der Waals surface area contributed by atoms with Crippen molar-refractivity contribution < 1.29 is 23.4 Å². The molecule has 1 heterocycles. The van der Waals surface area contributed by atoms with Crippen molar-refractivity contribution in [1.82, 2.24) is 0 Å². The van der Waals surface area contributed by atoms with Crippen LogP contribution in [0.25, 0.3) is 0 Å². The summed E-state index contributed by atoms with van der Waals surface area (Å²) in [6.45, 7) is 12.3. The fourth-order valence-corrected chi connectivity index (χ4v) is 9.12. The molecule has 1 saturated heterocycles. The van der Waals surface area contributed by atoms with Crippen molar-refractivity contribution in [2.24, 2.45) is 0 Å². The Balaban J connectivity index is 2.07. The molecule has 0 bridgehead atoms. The first-order valence-electron chi connectivity index (χ1n) is 11.0. The van der Waals surface area contributed by atoms with Gasteiger partial charge in [0.1, 0.15) is 12.7 Å². The van der Waals surface area contributed by atoms with Gasteiger partial charge in [0.25, 0.3) is 8.32 Å². The van der Waals surface area contributed by atoms with E-state index in [-0.39, 0.29) is 23.7 Å². The fourth-order valence-electron chi connectivity index (χ4n) is 4.44. The molecule has 5 nitrogen and oxygen atoms in total. The van der Waals surface area contributed by atoms with Gasteiger partial charge in [-0.05, 0) is 21.0 Å². The van der Waals surface area contributed by atoms with Crippen molar-refractivity contribution in [3.63, 3.8) is 0 Å². The van der Waals surface area contributed by atoms with E-state index in [2.05, 4.69) is 75.9 Å². The SMILES string of the molecule is C=C(COC(C)=O)[C@H]1O[C@@H](OC)C[C@@H]1O[Si](c1ccccc1)(c1ccccc1)C(C)(C)C. The number of rotatable bonds is 8. The van der Waals surface area contributed by atoms with Crippen LogP contribution >= 0.6 is 0 Å². The maximum Gasteiger partial charge on any atom is 0.302 e. The van der Waals surface area contributed by atoms with Crippen LogP contribution in [0.1, 0.15) is 34.1 Å². The van der Waals surface area contributed by atoms with E-state index in [1.807, 2.05) is 12.1 Å². The zero-order chi connectivity index (χ0) is 23.4. The molecule has 0 saturated carbocycles. The van der Waals surface area contributed by atoms with Crippen LogP contribution in [0.3, 0.4) is 0 Å². The smallest absolute Gasteiger partial charge is 0.302 e. The molecule has 6 heteroatoms. The zero-order valence-electron chi connectivity index (χ0n) is 19.7. The third-order valence-corrected chi connectivity index (χ3v) is 11.0. The lowest BCUT2D eigenvalue weighted by atomic mass is 10.1. The van der Waals surface area contributed by atoms with Crippen molar-refractivity contribution in [1.29, 1.82) is 0 Å². The quantitative estimate of drug-likeness (QED) is 0.345. The van der Waals surface area contributed by atoms with Gasteiger partial charge in [-0.25, -0.2) is 0 Å². The highest BCUT2D eigenvalue weighted by molar-refractivity contribution is 6.99. The molecular formula is C26H34O5Si. The highest BCUT2D eigenvalue weighted by atomic mass is 28.4. The van der Waals surface area contributed by atoms with E-state index < -0.39 is 20.7 Å². The highest BCUT2D eigenvalue weighted by Gasteiger charge is 2.54. The summed E-state index contributed by atoms with van der Waals surface area (Å²) in [5, 5.41) is 2.23. The van der Waals surface area contributed by atoms with E-state index in [1.165, 1.54) is 17.3 Å². The number of hydrogen-bond donors (Lipinski definition) is 0. The minimum atomic E-state index is -2.77. The molecule has 2 aromatic carbocycles. The first-order valence-corrected chi connectivity index (χ1v) is 12.9. The normalized spacial score (nSPS) is 21.3. The molecule has 1 aliphatic rings. The molecule has 1 aliphatic heterocycles. The van der Waals surface area contributed by atoms with Crippen molar-refractivity contribution in [2.45, 2.75) is 57.7 Å². The number of carbonyl (C=O) groups is 1. The number of benzene rings is 2. The van der Waals surface area contributed by atoms with Crippen LogP contribution in [0.15, 0.2) is 72.8 Å². The molecule has 172 valence electrons. The van der Waals surface area contributed by atoms with Gasteiger partial charge in [0.15, 0.2) is 6.29 Å².